The lowest BCUT2D eigenvalue weighted by atomic mass is 9.90. The number of hydrogen-bond acceptors (Lipinski definition) is 5. The molecule has 2 aliphatic rings. The minimum Gasteiger partial charge on any atom is -0.451 e. The van der Waals surface area contributed by atoms with Gasteiger partial charge in [-0.25, -0.2) is 14.2 Å². The standard InChI is InChI=1S/C19H20FN3O2/c1-18(2)14-6-8-22-16(15(14)17(24)25-18)23-9-7-19(21,11-23)12-4-3-5-13(20)10-12/h3-6,8,10H,7,9,11,21H2,1-2H3. The van der Waals surface area contributed by atoms with Crippen LogP contribution in [0.25, 0.3) is 0 Å². The molecule has 2 aliphatic heterocycles. The fraction of sp³-hybridized carbons (Fsp3) is 0.368. The van der Waals surface area contributed by atoms with E-state index in [1.54, 1.807) is 12.3 Å². The molecule has 130 valence electrons. The molecule has 1 saturated heterocycles. The fourth-order valence-corrected chi connectivity index (χ4v) is 3.78. The Balaban J connectivity index is 1.70. The summed E-state index contributed by atoms with van der Waals surface area (Å²) in [5, 5.41) is 0. The van der Waals surface area contributed by atoms with E-state index in [4.69, 9.17) is 10.5 Å². The number of cyclic esters (lactones) is 1. The summed E-state index contributed by atoms with van der Waals surface area (Å²) in [6.45, 7) is 4.84. The molecule has 0 saturated carbocycles. The summed E-state index contributed by atoms with van der Waals surface area (Å²) in [6, 6.07) is 8.21. The van der Waals surface area contributed by atoms with Crippen molar-refractivity contribution in [1.82, 2.24) is 4.98 Å². The maximum atomic E-state index is 13.6. The van der Waals surface area contributed by atoms with Gasteiger partial charge in [-0.3, -0.25) is 0 Å². The van der Waals surface area contributed by atoms with E-state index in [9.17, 15) is 9.18 Å². The summed E-state index contributed by atoms with van der Waals surface area (Å²) in [5.74, 6) is -0.0648. The smallest absolute Gasteiger partial charge is 0.343 e. The predicted molar refractivity (Wildman–Crippen MR) is 91.8 cm³/mol. The van der Waals surface area contributed by atoms with Crippen molar-refractivity contribution in [3.05, 3.63) is 59.0 Å². The van der Waals surface area contributed by atoms with Gasteiger partial charge in [-0.1, -0.05) is 12.1 Å². The number of fused-ring (bicyclic) bond motifs is 1. The first-order valence-corrected chi connectivity index (χ1v) is 8.33. The zero-order valence-corrected chi connectivity index (χ0v) is 14.3. The van der Waals surface area contributed by atoms with Gasteiger partial charge in [0.25, 0.3) is 0 Å². The van der Waals surface area contributed by atoms with Crippen LogP contribution in [0, 0.1) is 5.82 Å². The van der Waals surface area contributed by atoms with E-state index in [-0.39, 0.29) is 11.8 Å². The highest BCUT2D eigenvalue weighted by atomic mass is 19.1. The SMILES string of the molecule is CC1(C)OC(=O)c2c1ccnc2N1CCC(N)(c2cccc(F)c2)C1. The molecule has 1 fully saturated rings. The molecule has 4 rings (SSSR count). The molecule has 5 nitrogen and oxygen atoms in total. The molecular formula is C19H20FN3O2. The largest absolute Gasteiger partial charge is 0.451 e. The third-order valence-corrected chi connectivity index (χ3v) is 5.13. The van der Waals surface area contributed by atoms with E-state index in [2.05, 4.69) is 4.98 Å². The Morgan fingerprint density at radius 1 is 1.32 bits per heavy atom. The summed E-state index contributed by atoms with van der Waals surface area (Å²) in [4.78, 5) is 18.8. The van der Waals surface area contributed by atoms with Gasteiger partial charge in [-0.05, 0) is 44.0 Å². The third kappa shape index (κ3) is 2.48. The van der Waals surface area contributed by atoms with E-state index in [0.717, 1.165) is 11.1 Å². The number of anilines is 1. The normalized spacial score (nSPS) is 24.3. The van der Waals surface area contributed by atoms with Gasteiger partial charge in [-0.15, -0.1) is 0 Å². The van der Waals surface area contributed by atoms with Crippen molar-refractivity contribution in [2.24, 2.45) is 5.73 Å². The highest BCUT2D eigenvalue weighted by Gasteiger charge is 2.43. The number of nitrogens with two attached hydrogens (primary N) is 1. The lowest BCUT2D eigenvalue weighted by molar-refractivity contribution is 0.00957. The quantitative estimate of drug-likeness (QED) is 0.851. The number of ether oxygens (including phenoxy) is 1. The van der Waals surface area contributed by atoms with Crippen molar-refractivity contribution in [1.29, 1.82) is 0 Å². The summed E-state index contributed by atoms with van der Waals surface area (Å²) in [7, 11) is 0. The van der Waals surface area contributed by atoms with E-state index in [1.807, 2.05) is 30.9 Å². The van der Waals surface area contributed by atoms with Gasteiger partial charge in [-0.2, -0.15) is 0 Å². The number of esters is 1. The van der Waals surface area contributed by atoms with Crippen LogP contribution in [0.2, 0.25) is 0 Å². The Morgan fingerprint density at radius 3 is 2.88 bits per heavy atom. The van der Waals surface area contributed by atoms with Crippen molar-refractivity contribution in [3.63, 3.8) is 0 Å². The average molecular weight is 341 g/mol. The van der Waals surface area contributed by atoms with E-state index >= 15 is 0 Å². The number of carbonyl (C=O) groups excluding carboxylic acids is 1. The van der Waals surface area contributed by atoms with Gasteiger partial charge in [0.05, 0.1) is 5.54 Å². The number of halogens is 1. The molecule has 1 unspecified atom stereocenters. The van der Waals surface area contributed by atoms with Crippen LogP contribution in [0.15, 0.2) is 36.5 Å². The monoisotopic (exact) mass is 341 g/mol. The predicted octanol–water partition coefficient (Wildman–Crippen LogP) is 2.69. The number of aromatic nitrogens is 1. The first-order valence-electron chi connectivity index (χ1n) is 8.33. The van der Waals surface area contributed by atoms with Gasteiger partial charge < -0.3 is 15.4 Å². The molecule has 1 atom stereocenters. The van der Waals surface area contributed by atoms with Gasteiger partial charge in [0, 0.05) is 24.8 Å². The Kier molecular flexibility index (Phi) is 3.37. The van der Waals surface area contributed by atoms with Crippen molar-refractivity contribution in [2.75, 3.05) is 18.0 Å². The van der Waals surface area contributed by atoms with Crippen molar-refractivity contribution in [2.45, 2.75) is 31.4 Å². The van der Waals surface area contributed by atoms with Crippen LogP contribution in [0.1, 0.15) is 41.8 Å². The third-order valence-electron chi connectivity index (χ3n) is 5.13. The summed E-state index contributed by atoms with van der Waals surface area (Å²) in [5.41, 5.74) is 7.32. The Morgan fingerprint density at radius 2 is 2.12 bits per heavy atom. The molecule has 0 bridgehead atoms. The van der Waals surface area contributed by atoms with Crippen molar-refractivity contribution < 1.29 is 13.9 Å². The molecule has 2 aromatic rings. The molecule has 3 heterocycles. The Hall–Kier alpha value is -2.47. The second-order valence-corrected chi connectivity index (χ2v) is 7.29. The Bertz CT molecular complexity index is 867. The highest BCUT2D eigenvalue weighted by molar-refractivity contribution is 5.99. The zero-order chi connectivity index (χ0) is 17.8. The molecule has 1 aromatic carbocycles. The second-order valence-electron chi connectivity index (χ2n) is 7.29. The number of hydrogen-bond donors (Lipinski definition) is 1. The maximum Gasteiger partial charge on any atom is 0.343 e. The van der Waals surface area contributed by atoms with Gasteiger partial charge >= 0.3 is 5.97 Å². The fourth-order valence-electron chi connectivity index (χ4n) is 3.78. The minimum atomic E-state index is -0.676. The molecule has 1 aromatic heterocycles. The van der Waals surface area contributed by atoms with Crippen LogP contribution >= 0.6 is 0 Å². The Labute approximate surface area is 145 Å². The molecule has 6 heteroatoms. The van der Waals surface area contributed by atoms with Gasteiger partial charge in [0.15, 0.2) is 0 Å². The number of benzene rings is 1. The first-order chi connectivity index (χ1) is 11.8. The van der Waals surface area contributed by atoms with Crippen LogP contribution in [0.5, 0.6) is 0 Å². The average Bonchev–Trinajstić information content (AvgIpc) is 3.07. The molecule has 2 N–H and O–H groups in total. The number of carbonyl (C=O) groups is 1. The topological polar surface area (TPSA) is 68.5 Å². The molecule has 0 spiro atoms. The maximum absolute atomic E-state index is 13.6. The van der Waals surface area contributed by atoms with Crippen LogP contribution < -0.4 is 10.6 Å². The van der Waals surface area contributed by atoms with E-state index in [1.165, 1.54) is 12.1 Å². The summed E-state index contributed by atoms with van der Waals surface area (Å²) >= 11 is 0. The van der Waals surface area contributed by atoms with Crippen LogP contribution in [-0.2, 0) is 15.9 Å². The molecule has 25 heavy (non-hydrogen) atoms. The van der Waals surface area contributed by atoms with Crippen LogP contribution in [0.3, 0.4) is 0 Å². The molecular weight excluding hydrogens is 321 g/mol. The molecule has 0 amide bonds. The zero-order valence-electron chi connectivity index (χ0n) is 14.3. The van der Waals surface area contributed by atoms with Crippen molar-refractivity contribution in [3.8, 4) is 0 Å². The number of rotatable bonds is 2. The van der Waals surface area contributed by atoms with E-state index in [0.29, 0.717) is 30.9 Å². The van der Waals surface area contributed by atoms with Crippen LogP contribution in [0.4, 0.5) is 10.2 Å². The minimum absolute atomic E-state index is 0.301. The number of nitrogens with zero attached hydrogens (tertiary/aromatic N) is 2. The summed E-state index contributed by atoms with van der Waals surface area (Å²) in [6.07, 6.45) is 2.34. The second kappa shape index (κ2) is 5.26. The molecule has 0 radical (unpaired) electrons. The summed E-state index contributed by atoms with van der Waals surface area (Å²) < 4.78 is 19.1. The first kappa shape index (κ1) is 16.0. The molecule has 0 aliphatic carbocycles. The van der Waals surface area contributed by atoms with Gasteiger partial charge in [0.1, 0.15) is 22.8 Å². The highest BCUT2D eigenvalue weighted by Crippen LogP contribution is 2.41. The van der Waals surface area contributed by atoms with Gasteiger partial charge in [0.2, 0.25) is 0 Å². The van der Waals surface area contributed by atoms with Crippen LogP contribution in [-0.4, -0.2) is 24.0 Å². The van der Waals surface area contributed by atoms with Crippen molar-refractivity contribution >= 4 is 11.8 Å². The number of pyridine rings is 1. The lowest BCUT2D eigenvalue weighted by Crippen LogP contribution is -2.40. The lowest BCUT2D eigenvalue weighted by Gasteiger charge is -2.26. The van der Waals surface area contributed by atoms with E-state index < -0.39 is 11.1 Å².